The van der Waals surface area contributed by atoms with E-state index in [1.165, 1.54) is 4.57 Å². The van der Waals surface area contributed by atoms with E-state index in [-0.39, 0.29) is 29.0 Å². The summed E-state index contributed by atoms with van der Waals surface area (Å²) in [5.74, 6) is 0.238. The maximum atomic E-state index is 12.4. The van der Waals surface area contributed by atoms with Gasteiger partial charge < -0.3 is 19.9 Å². The number of aromatic nitrogens is 2. The van der Waals surface area contributed by atoms with E-state index in [0.29, 0.717) is 6.61 Å². The van der Waals surface area contributed by atoms with Crippen molar-refractivity contribution in [2.24, 2.45) is 5.41 Å². The molecule has 1 aromatic rings. The van der Waals surface area contributed by atoms with Gasteiger partial charge in [-0.15, -0.1) is 0 Å². The van der Waals surface area contributed by atoms with Crippen LogP contribution in [0, 0.1) is 12.3 Å². The van der Waals surface area contributed by atoms with E-state index in [1.807, 2.05) is 27.7 Å². The first-order chi connectivity index (χ1) is 11.8. The SMILES string of the molecule is Cc1cn([C@@H]2O[C@@]3(CC(C)(C)C)CO[C@@H]2[C@@H]3OC(C)(C)C)c(=O)nc1N. The van der Waals surface area contributed by atoms with Gasteiger partial charge in [0.15, 0.2) is 6.23 Å². The number of nitrogen functional groups attached to an aromatic ring is 1. The van der Waals surface area contributed by atoms with Crippen LogP contribution in [0.2, 0.25) is 0 Å². The van der Waals surface area contributed by atoms with Crippen LogP contribution in [0.1, 0.15) is 59.8 Å². The Labute approximate surface area is 154 Å². The Kier molecular flexibility index (Phi) is 4.49. The Hall–Kier alpha value is -1.44. The van der Waals surface area contributed by atoms with Crippen LogP contribution in [0.15, 0.2) is 11.0 Å². The highest BCUT2D eigenvalue weighted by molar-refractivity contribution is 5.35. The van der Waals surface area contributed by atoms with E-state index in [0.717, 1.165) is 12.0 Å². The van der Waals surface area contributed by atoms with Crippen molar-refractivity contribution in [1.82, 2.24) is 9.55 Å². The molecule has 2 bridgehead atoms. The second kappa shape index (κ2) is 6.04. The number of nitrogens with zero attached hydrogens (tertiary/aromatic N) is 2. The molecule has 7 nitrogen and oxygen atoms in total. The molecule has 146 valence electrons. The van der Waals surface area contributed by atoms with Crippen molar-refractivity contribution in [2.75, 3.05) is 12.3 Å². The number of anilines is 1. The zero-order chi connectivity index (χ0) is 19.5. The Balaban J connectivity index is 2.01. The van der Waals surface area contributed by atoms with Crippen LogP contribution in [-0.4, -0.2) is 39.6 Å². The summed E-state index contributed by atoms with van der Waals surface area (Å²) in [5.41, 5.74) is 5.14. The summed E-state index contributed by atoms with van der Waals surface area (Å²) in [4.78, 5) is 16.3. The minimum atomic E-state index is -0.588. The molecule has 0 aliphatic carbocycles. The second-order valence-corrected chi connectivity index (χ2v) is 9.74. The van der Waals surface area contributed by atoms with Crippen molar-refractivity contribution in [3.05, 3.63) is 22.2 Å². The van der Waals surface area contributed by atoms with Gasteiger partial charge in [0.2, 0.25) is 0 Å². The zero-order valence-corrected chi connectivity index (χ0v) is 16.8. The van der Waals surface area contributed by atoms with Crippen LogP contribution in [0.3, 0.4) is 0 Å². The van der Waals surface area contributed by atoms with Crippen molar-refractivity contribution < 1.29 is 14.2 Å². The molecular formula is C19H31N3O4. The van der Waals surface area contributed by atoms with Gasteiger partial charge in [-0.1, -0.05) is 20.8 Å². The van der Waals surface area contributed by atoms with Crippen molar-refractivity contribution in [2.45, 2.75) is 84.5 Å². The first-order valence-corrected chi connectivity index (χ1v) is 9.14. The first-order valence-electron chi connectivity index (χ1n) is 9.14. The number of hydrogen-bond acceptors (Lipinski definition) is 6. The second-order valence-electron chi connectivity index (χ2n) is 9.74. The van der Waals surface area contributed by atoms with Crippen LogP contribution in [0.4, 0.5) is 5.82 Å². The summed E-state index contributed by atoms with van der Waals surface area (Å²) in [5, 5.41) is 0. The lowest BCUT2D eigenvalue weighted by molar-refractivity contribution is -0.189. The Bertz CT molecular complexity index is 747. The lowest BCUT2D eigenvalue weighted by Crippen LogP contribution is -2.47. The molecular weight excluding hydrogens is 334 g/mol. The molecule has 7 heteroatoms. The molecule has 2 saturated heterocycles. The van der Waals surface area contributed by atoms with Crippen LogP contribution < -0.4 is 11.4 Å². The van der Waals surface area contributed by atoms with E-state index in [1.54, 1.807) is 6.20 Å². The van der Waals surface area contributed by atoms with Gasteiger partial charge in [0, 0.05) is 11.8 Å². The van der Waals surface area contributed by atoms with Gasteiger partial charge in [-0.25, -0.2) is 4.79 Å². The molecule has 26 heavy (non-hydrogen) atoms. The molecule has 4 atom stereocenters. The molecule has 0 aromatic carbocycles. The summed E-state index contributed by atoms with van der Waals surface area (Å²) in [6, 6.07) is 0. The van der Waals surface area contributed by atoms with E-state index in [9.17, 15) is 4.79 Å². The lowest BCUT2D eigenvalue weighted by atomic mass is 9.80. The fourth-order valence-corrected chi connectivity index (χ4v) is 3.97. The summed E-state index contributed by atoms with van der Waals surface area (Å²) in [7, 11) is 0. The molecule has 0 spiro atoms. The van der Waals surface area contributed by atoms with E-state index < -0.39 is 17.5 Å². The van der Waals surface area contributed by atoms with Crippen molar-refractivity contribution in [1.29, 1.82) is 0 Å². The molecule has 2 aliphatic heterocycles. The number of rotatable bonds is 3. The molecule has 0 radical (unpaired) electrons. The molecule has 1 aromatic heterocycles. The maximum absolute atomic E-state index is 12.4. The summed E-state index contributed by atoms with van der Waals surface area (Å²) in [6.45, 7) is 14.8. The molecule has 2 fully saturated rings. The average molecular weight is 365 g/mol. The third-order valence-electron chi connectivity index (χ3n) is 4.73. The highest BCUT2D eigenvalue weighted by Gasteiger charge is 2.64. The minimum absolute atomic E-state index is 0.0207. The first kappa shape index (κ1) is 19.3. The van der Waals surface area contributed by atoms with Gasteiger partial charge in [-0.2, -0.15) is 4.98 Å². The van der Waals surface area contributed by atoms with Crippen molar-refractivity contribution in [3.63, 3.8) is 0 Å². The normalized spacial score (nSPS) is 31.6. The molecule has 2 aliphatic rings. The quantitative estimate of drug-likeness (QED) is 0.885. The summed E-state index contributed by atoms with van der Waals surface area (Å²) < 4.78 is 20.4. The van der Waals surface area contributed by atoms with Gasteiger partial charge in [0.1, 0.15) is 23.6 Å². The fourth-order valence-electron chi connectivity index (χ4n) is 3.97. The van der Waals surface area contributed by atoms with Crippen LogP contribution in [0.25, 0.3) is 0 Å². The predicted octanol–water partition coefficient (Wildman–Crippen LogP) is 2.42. The molecule has 3 rings (SSSR count). The van der Waals surface area contributed by atoms with Gasteiger partial charge in [0.25, 0.3) is 0 Å². The van der Waals surface area contributed by atoms with Crippen molar-refractivity contribution in [3.8, 4) is 0 Å². The number of fused-ring (bicyclic) bond motifs is 2. The fraction of sp³-hybridized carbons (Fsp3) is 0.789. The van der Waals surface area contributed by atoms with E-state index in [4.69, 9.17) is 19.9 Å². The third-order valence-corrected chi connectivity index (χ3v) is 4.73. The molecule has 0 saturated carbocycles. The lowest BCUT2D eigenvalue weighted by Gasteiger charge is -2.38. The molecule has 0 amide bonds. The third kappa shape index (κ3) is 3.52. The Morgan fingerprint density at radius 2 is 2.00 bits per heavy atom. The van der Waals surface area contributed by atoms with E-state index in [2.05, 4.69) is 25.8 Å². The standard InChI is InChI=1S/C19H31N3O4/c1-11-8-22(16(23)21-14(11)20)15-12-13(25-18(5,6)7)19(26-15,10-24-12)9-17(2,3)4/h8,12-13,15H,9-10H2,1-7H3,(H2,20,21,23)/t12-,13+,15-,19+/m1/s1. The summed E-state index contributed by atoms with van der Waals surface area (Å²) >= 11 is 0. The highest BCUT2D eigenvalue weighted by atomic mass is 16.7. The topological polar surface area (TPSA) is 88.6 Å². The number of nitrogens with two attached hydrogens (primary N) is 1. The average Bonchev–Trinajstić information content (AvgIpc) is 2.90. The molecule has 0 unspecified atom stereocenters. The van der Waals surface area contributed by atoms with E-state index >= 15 is 0 Å². The number of aryl methyl sites for hydroxylation is 1. The number of hydrogen-bond donors (Lipinski definition) is 1. The summed E-state index contributed by atoms with van der Waals surface area (Å²) in [6.07, 6.45) is 1.27. The van der Waals surface area contributed by atoms with Gasteiger partial charge in [0.05, 0.1) is 12.2 Å². The number of ether oxygens (including phenoxy) is 3. The molecule has 2 N–H and O–H groups in total. The molecule has 3 heterocycles. The predicted molar refractivity (Wildman–Crippen MR) is 98.9 cm³/mol. The van der Waals surface area contributed by atoms with Crippen LogP contribution in [-0.2, 0) is 14.2 Å². The Morgan fingerprint density at radius 3 is 2.58 bits per heavy atom. The minimum Gasteiger partial charge on any atom is -0.383 e. The monoisotopic (exact) mass is 365 g/mol. The van der Waals surface area contributed by atoms with Gasteiger partial charge in [-0.05, 0) is 39.5 Å². The smallest absolute Gasteiger partial charge is 0.351 e. The van der Waals surface area contributed by atoms with Crippen LogP contribution in [0.5, 0.6) is 0 Å². The van der Waals surface area contributed by atoms with Gasteiger partial charge >= 0.3 is 5.69 Å². The maximum Gasteiger partial charge on any atom is 0.351 e. The van der Waals surface area contributed by atoms with Crippen LogP contribution >= 0.6 is 0 Å². The largest absolute Gasteiger partial charge is 0.383 e. The zero-order valence-electron chi connectivity index (χ0n) is 16.8. The Morgan fingerprint density at radius 1 is 1.35 bits per heavy atom. The van der Waals surface area contributed by atoms with Gasteiger partial charge in [-0.3, -0.25) is 4.57 Å². The van der Waals surface area contributed by atoms with Crippen molar-refractivity contribution >= 4 is 5.82 Å². The highest BCUT2D eigenvalue weighted by Crippen LogP contribution is 2.51.